The summed E-state index contributed by atoms with van der Waals surface area (Å²) in [6.45, 7) is 2.33. The van der Waals surface area contributed by atoms with Crippen molar-refractivity contribution in [3.63, 3.8) is 0 Å². The van der Waals surface area contributed by atoms with Crippen molar-refractivity contribution in [2.24, 2.45) is 0 Å². The van der Waals surface area contributed by atoms with Crippen molar-refractivity contribution in [1.82, 2.24) is 10.3 Å². The van der Waals surface area contributed by atoms with Crippen LogP contribution in [0.5, 0.6) is 0 Å². The van der Waals surface area contributed by atoms with Crippen LogP contribution in [-0.4, -0.2) is 44.4 Å². The lowest BCUT2D eigenvalue weighted by molar-refractivity contribution is 0.0688. The molecule has 1 amide bonds. The number of hydrogen-bond acceptors (Lipinski definition) is 5. The number of ether oxygens (including phenoxy) is 2. The number of carbonyl (C=O) groups is 1. The Bertz CT molecular complexity index is 354. The molecule has 0 aliphatic rings. The zero-order valence-electron chi connectivity index (χ0n) is 10.5. The molecule has 0 atom stereocenters. The maximum Gasteiger partial charge on any atom is 0.252 e. The van der Waals surface area contributed by atoms with E-state index >= 15 is 0 Å². The largest absolute Gasteiger partial charge is 0.384 e. The van der Waals surface area contributed by atoms with Crippen molar-refractivity contribution in [3.8, 4) is 0 Å². The Hall–Kier alpha value is -1.66. The van der Waals surface area contributed by atoms with E-state index in [-0.39, 0.29) is 5.91 Å². The molecular weight excluding hydrogens is 234 g/mol. The molecule has 0 aromatic carbocycles. The van der Waals surface area contributed by atoms with Gasteiger partial charge in [-0.3, -0.25) is 4.79 Å². The third-order valence-corrected chi connectivity index (χ3v) is 2.23. The first-order valence-electron chi connectivity index (χ1n) is 5.80. The summed E-state index contributed by atoms with van der Waals surface area (Å²) in [5, 5.41) is 2.78. The SMILES string of the molecule is COCCOCCCNC(=O)c1ccc(N)nc1. The molecule has 0 bridgehead atoms. The predicted octanol–water partition coefficient (Wildman–Crippen LogP) is 0.447. The smallest absolute Gasteiger partial charge is 0.252 e. The number of nitrogen functional groups attached to an aromatic ring is 1. The molecule has 0 aliphatic carbocycles. The van der Waals surface area contributed by atoms with Crippen LogP contribution in [0, 0.1) is 0 Å². The van der Waals surface area contributed by atoms with Gasteiger partial charge >= 0.3 is 0 Å². The van der Waals surface area contributed by atoms with Crippen molar-refractivity contribution in [3.05, 3.63) is 23.9 Å². The molecule has 0 fully saturated rings. The summed E-state index contributed by atoms with van der Waals surface area (Å²) in [7, 11) is 1.63. The number of nitrogens with one attached hydrogen (secondary N) is 1. The molecule has 1 heterocycles. The number of hydrogen-bond donors (Lipinski definition) is 2. The highest BCUT2D eigenvalue weighted by Gasteiger charge is 2.04. The number of nitrogens with two attached hydrogens (primary N) is 1. The lowest BCUT2D eigenvalue weighted by Gasteiger charge is -2.06. The van der Waals surface area contributed by atoms with Crippen LogP contribution in [0.25, 0.3) is 0 Å². The monoisotopic (exact) mass is 253 g/mol. The molecule has 1 aromatic rings. The number of nitrogens with zero attached hydrogens (tertiary/aromatic N) is 1. The molecule has 0 spiro atoms. The predicted molar refractivity (Wildman–Crippen MR) is 68.3 cm³/mol. The number of methoxy groups -OCH3 is 1. The Balaban J connectivity index is 2.12. The second-order valence-corrected chi connectivity index (χ2v) is 3.69. The van der Waals surface area contributed by atoms with E-state index in [1.807, 2.05) is 0 Å². The van der Waals surface area contributed by atoms with E-state index in [0.29, 0.717) is 37.7 Å². The van der Waals surface area contributed by atoms with Crippen LogP contribution >= 0.6 is 0 Å². The van der Waals surface area contributed by atoms with E-state index in [4.69, 9.17) is 15.2 Å². The lowest BCUT2D eigenvalue weighted by Crippen LogP contribution is -2.25. The Morgan fingerprint density at radius 3 is 2.89 bits per heavy atom. The van der Waals surface area contributed by atoms with Crippen molar-refractivity contribution in [2.45, 2.75) is 6.42 Å². The first kappa shape index (κ1) is 14.4. The molecule has 1 aromatic heterocycles. The minimum atomic E-state index is -0.153. The number of aromatic nitrogens is 1. The third kappa shape index (κ3) is 5.60. The zero-order chi connectivity index (χ0) is 13.2. The van der Waals surface area contributed by atoms with Crippen LogP contribution in [0.4, 0.5) is 5.82 Å². The number of rotatable bonds is 8. The van der Waals surface area contributed by atoms with Crippen LogP contribution in [0.2, 0.25) is 0 Å². The van der Waals surface area contributed by atoms with Crippen molar-refractivity contribution in [1.29, 1.82) is 0 Å². The second-order valence-electron chi connectivity index (χ2n) is 3.69. The quantitative estimate of drug-likeness (QED) is 0.657. The molecule has 0 radical (unpaired) electrons. The van der Waals surface area contributed by atoms with Gasteiger partial charge in [-0.25, -0.2) is 4.98 Å². The minimum Gasteiger partial charge on any atom is -0.384 e. The molecular formula is C12H19N3O3. The van der Waals surface area contributed by atoms with Gasteiger partial charge in [0.1, 0.15) is 5.82 Å². The highest BCUT2D eigenvalue weighted by molar-refractivity contribution is 5.93. The fourth-order valence-electron chi connectivity index (χ4n) is 1.26. The van der Waals surface area contributed by atoms with E-state index in [0.717, 1.165) is 6.42 Å². The fourth-order valence-corrected chi connectivity index (χ4v) is 1.26. The van der Waals surface area contributed by atoms with Gasteiger partial charge in [-0.15, -0.1) is 0 Å². The Morgan fingerprint density at radius 2 is 2.22 bits per heavy atom. The number of pyridine rings is 1. The second kappa shape index (κ2) is 8.43. The summed E-state index contributed by atoms with van der Waals surface area (Å²) >= 11 is 0. The number of amides is 1. The third-order valence-electron chi connectivity index (χ3n) is 2.23. The van der Waals surface area contributed by atoms with E-state index in [1.165, 1.54) is 6.20 Å². The highest BCUT2D eigenvalue weighted by Crippen LogP contribution is 2.00. The van der Waals surface area contributed by atoms with Gasteiger partial charge in [-0.05, 0) is 18.6 Å². The molecule has 0 unspecified atom stereocenters. The van der Waals surface area contributed by atoms with Crippen molar-refractivity contribution < 1.29 is 14.3 Å². The molecule has 3 N–H and O–H groups in total. The normalized spacial score (nSPS) is 10.3. The molecule has 100 valence electrons. The Morgan fingerprint density at radius 1 is 1.39 bits per heavy atom. The summed E-state index contributed by atoms with van der Waals surface area (Å²) in [4.78, 5) is 15.5. The van der Waals surface area contributed by atoms with Gasteiger partial charge in [0.2, 0.25) is 0 Å². The van der Waals surface area contributed by atoms with Crippen LogP contribution in [0.1, 0.15) is 16.8 Å². The van der Waals surface area contributed by atoms with E-state index < -0.39 is 0 Å². The van der Waals surface area contributed by atoms with Crippen LogP contribution in [-0.2, 0) is 9.47 Å². The molecule has 6 heteroatoms. The van der Waals surface area contributed by atoms with E-state index in [9.17, 15) is 4.79 Å². The Labute approximate surface area is 106 Å². The van der Waals surface area contributed by atoms with Gasteiger partial charge in [-0.1, -0.05) is 0 Å². The zero-order valence-corrected chi connectivity index (χ0v) is 10.5. The summed E-state index contributed by atoms with van der Waals surface area (Å²) in [6.07, 6.45) is 2.22. The number of carbonyl (C=O) groups excluding carboxylic acids is 1. The number of anilines is 1. The average molecular weight is 253 g/mol. The van der Waals surface area contributed by atoms with Crippen LogP contribution in [0.15, 0.2) is 18.3 Å². The summed E-state index contributed by atoms with van der Waals surface area (Å²) in [6, 6.07) is 3.25. The topological polar surface area (TPSA) is 86.5 Å². The standard InChI is InChI=1S/C12H19N3O3/c1-17-7-8-18-6-2-5-14-12(16)10-3-4-11(13)15-9-10/h3-4,9H,2,5-8H2,1H3,(H2,13,15)(H,14,16). The fraction of sp³-hybridized carbons (Fsp3) is 0.500. The molecule has 0 saturated heterocycles. The van der Waals surface area contributed by atoms with Gasteiger partial charge in [0.15, 0.2) is 0 Å². The van der Waals surface area contributed by atoms with Gasteiger partial charge in [-0.2, -0.15) is 0 Å². The van der Waals surface area contributed by atoms with E-state index in [2.05, 4.69) is 10.3 Å². The maximum absolute atomic E-state index is 11.6. The average Bonchev–Trinajstić information content (AvgIpc) is 2.38. The highest BCUT2D eigenvalue weighted by atomic mass is 16.5. The van der Waals surface area contributed by atoms with Crippen LogP contribution < -0.4 is 11.1 Å². The molecule has 1 rings (SSSR count). The van der Waals surface area contributed by atoms with Crippen molar-refractivity contribution >= 4 is 11.7 Å². The summed E-state index contributed by atoms with van der Waals surface area (Å²) in [5.41, 5.74) is 5.94. The van der Waals surface area contributed by atoms with Crippen molar-refractivity contribution in [2.75, 3.05) is 39.2 Å². The molecule has 18 heavy (non-hydrogen) atoms. The molecule has 6 nitrogen and oxygen atoms in total. The Kier molecular flexibility index (Phi) is 6.75. The molecule has 0 saturated carbocycles. The minimum absolute atomic E-state index is 0.153. The summed E-state index contributed by atoms with van der Waals surface area (Å²) in [5.74, 6) is 0.248. The molecule has 0 aliphatic heterocycles. The van der Waals surface area contributed by atoms with Gasteiger partial charge in [0, 0.05) is 26.5 Å². The lowest BCUT2D eigenvalue weighted by atomic mass is 10.2. The first-order chi connectivity index (χ1) is 8.74. The van der Waals surface area contributed by atoms with Crippen LogP contribution in [0.3, 0.4) is 0 Å². The summed E-state index contributed by atoms with van der Waals surface area (Å²) < 4.78 is 10.1. The van der Waals surface area contributed by atoms with Gasteiger partial charge < -0.3 is 20.5 Å². The van der Waals surface area contributed by atoms with E-state index in [1.54, 1.807) is 19.2 Å². The maximum atomic E-state index is 11.6. The van der Waals surface area contributed by atoms with Gasteiger partial charge in [0.25, 0.3) is 5.91 Å². The van der Waals surface area contributed by atoms with Gasteiger partial charge in [0.05, 0.1) is 18.8 Å². The first-order valence-corrected chi connectivity index (χ1v) is 5.80.